The van der Waals surface area contributed by atoms with Crippen LogP contribution in [0.25, 0.3) is 0 Å². The standard InChI is InChI=1S/C16H19N3O4S/c1-11-4-3-5-15(12(11)2)23-10-18-16(20)19-13-6-8-14(9-7-13)24(17,21)22/h3-9H,10H2,1-2H3,(H2,17,21,22)(H2,18,19,20). The Morgan fingerprint density at radius 2 is 1.79 bits per heavy atom. The second kappa shape index (κ2) is 7.33. The fourth-order valence-electron chi connectivity index (χ4n) is 1.96. The third kappa shape index (κ3) is 4.71. The molecule has 0 saturated carbocycles. The van der Waals surface area contributed by atoms with Gasteiger partial charge in [0.1, 0.15) is 5.75 Å². The van der Waals surface area contributed by atoms with Gasteiger partial charge in [-0.1, -0.05) is 12.1 Å². The molecular weight excluding hydrogens is 330 g/mol. The summed E-state index contributed by atoms with van der Waals surface area (Å²) in [5.41, 5.74) is 2.55. The maximum absolute atomic E-state index is 11.8. The average molecular weight is 349 g/mol. The molecular formula is C16H19N3O4S. The Kier molecular flexibility index (Phi) is 5.42. The molecule has 0 heterocycles. The molecule has 7 nitrogen and oxygen atoms in total. The molecule has 0 aliphatic rings. The van der Waals surface area contributed by atoms with Gasteiger partial charge in [0.05, 0.1) is 4.90 Å². The molecule has 8 heteroatoms. The predicted octanol–water partition coefficient (Wildman–Crippen LogP) is 2.11. The van der Waals surface area contributed by atoms with E-state index in [1.165, 1.54) is 24.3 Å². The van der Waals surface area contributed by atoms with Crippen LogP contribution < -0.4 is 20.5 Å². The smallest absolute Gasteiger partial charge is 0.321 e. The van der Waals surface area contributed by atoms with Gasteiger partial charge in [0, 0.05) is 5.69 Å². The van der Waals surface area contributed by atoms with Crippen LogP contribution in [0, 0.1) is 13.8 Å². The van der Waals surface area contributed by atoms with Crippen LogP contribution in [0.3, 0.4) is 0 Å². The lowest BCUT2D eigenvalue weighted by atomic mass is 10.1. The molecule has 0 atom stereocenters. The molecule has 0 bridgehead atoms. The fraction of sp³-hybridized carbons (Fsp3) is 0.188. The van der Waals surface area contributed by atoms with Crippen molar-refractivity contribution in [3.05, 3.63) is 53.6 Å². The topological polar surface area (TPSA) is 111 Å². The van der Waals surface area contributed by atoms with Gasteiger partial charge < -0.3 is 15.4 Å². The van der Waals surface area contributed by atoms with Gasteiger partial charge in [0.2, 0.25) is 10.0 Å². The van der Waals surface area contributed by atoms with Gasteiger partial charge in [-0.25, -0.2) is 18.4 Å². The fourth-order valence-corrected chi connectivity index (χ4v) is 2.48. The van der Waals surface area contributed by atoms with Crippen molar-refractivity contribution in [1.29, 1.82) is 0 Å². The van der Waals surface area contributed by atoms with Crippen molar-refractivity contribution in [2.24, 2.45) is 5.14 Å². The molecule has 4 N–H and O–H groups in total. The number of sulfonamides is 1. The summed E-state index contributed by atoms with van der Waals surface area (Å²) in [5.74, 6) is 0.702. The number of nitrogens with two attached hydrogens (primary N) is 1. The highest BCUT2D eigenvalue weighted by Gasteiger charge is 2.08. The van der Waals surface area contributed by atoms with Crippen LogP contribution in [0.2, 0.25) is 0 Å². The zero-order valence-corrected chi connectivity index (χ0v) is 14.2. The number of benzene rings is 2. The van der Waals surface area contributed by atoms with Gasteiger partial charge in [-0.05, 0) is 55.3 Å². The molecule has 0 spiro atoms. The Balaban J connectivity index is 1.86. The van der Waals surface area contributed by atoms with Gasteiger partial charge in [-0.2, -0.15) is 0 Å². The SMILES string of the molecule is Cc1cccc(OCNC(=O)Nc2ccc(S(N)(=O)=O)cc2)c1C. The number of hydrogen-bond donors (Lipinski definition) is 3. The first-order valence-corrected chi connectivity index (χ1v) is 8.69. The summed E-state index contributed by atoms with van der Waals surface area (Å²) >= 11 is 0. The highest BCUT2D eigenvalue weighted by molar-refractivity contribution is 7.89. The minimum atomic E-state index is -3.75. The summed E-state index contributed by atoms with van der Waals surface area (Å²) in [6.07, 6.45) is 0. The molecule has 0 aromatic heterocycles. The monoisotopic (exact) mass is 349 g/mol. The molecule has 0 saturated heterocycles. The number of urea groups is 1. The van der Waals surface area contributed by atoms with Gasteiger partial charge in [0.25, 0.3) is 0 Å². The first kappa shape index (κ1) is 17.8. The number of aryl methyl sites for hydroxylation is 1. The highest BCUT2D eigenvalue weighted by Crippen LogP contribution is 2.20. The zero-order chi connectivity index (χ0) is 17.7. The minimum Gasteiger partial charge on any atom is -0.473 e. The summed E-state index contributed by atoms with van der Waals surface area (Å²) in [4.78, 5) is 11.8. The van der Waals surface area contributed by atoms with E-state index in [9.17, 15) is 13.2 Å². The van der Waals surface area contributed by atoms with E-state index in [-0.39, 0.29) is 11.6 Å². The van der Waals surface area contributed by atoms with Crippen LogP contribution in [-0.2, 0) is 10.0 Å². The van der Waals surface area contributed by atoms with Crippen LogP contribution in [0.5, 0.6) is 5.75 Å². The number of hydrogen-bond acceptors (Lipinski definition) is 4. The number of nitrogens with one attached hydrogen (secondary N) is 2. The molecule has 0 aliphatic carbocycles. The van der Waals surface area contributed by atoms with Crippen molar-refractivity contribution in [2.75, 3.05) is 12.0 Å². The van der Waals surface area contributed by atoms with Crippen LogP contribution in [-0.4, -0.2) is 21.2 Å². The first-order chi connectivity index (χ1) is 11.3. The first-order valence-electron chi connectivity index (χ1n) is 7.14. The summed E-state index contributed by atoms with van der Waals surface area (Å²) in [6, 6.07) is 10.8. The summed E-state index contributed by atoms with van der Waals surface area (Å²) in [7, 11) is -3.75. The zero-order valence-electron chi connectivity index (χ0n) is 13.4. The molecule has 2 aromatic carbocycles. The second-order valence-corrected chi connectivity index (χ2v) is 6.75. The van der Waals surface area contributed by atoms with Crippen LogP contribution in [0.4, 0.5) is 10.5 Å². The molecule has 0 unspecified atom stereocenters. The number of anilines is 1. The molecule has 2 rings (SSSR count). The molecule has 2 amide bonds. The number of ether oxygens (including phenoxy) is 1. The second-order valence-electron chi connectivity index (χ2n) is 5.19. The highest BCUT2D eigenvalue weighted by atomic mass is 32.2. The molecule has 0 fully saturated rings. The molecule has 0 radical (unpaired) electrons. The predicted molar refractivity (Wildman–Crippen MR) is 91.4 cm³/mol. The van der Waals surface area contributed by atoms with E-state index in [2.05, 4.69) is 10.6 Å². The van der Waals surface area contributed by atoms with Crippen LogP contribution >= 0.6 is 0 Å². The molecule has 2 aromatic rings. The third-order valence-electron chi connectivity index (χ3n) is 3.46. The molecule has 24 heavy (non-hydrogen) atoms. The van der Waals surface area contributed by atoms with Gasteiger partial charge >= 0.3 is 6.03 Å². The van der Waals surface area contributed by atoms with Gasteiger partial charge in [-0.15, -0.1) is 0 Å². The van der Waals surface area contributed by atoms with E-state index in [1.54, 1.807) is 0 Å². The third-order valence-corrected chi connectivity index (χ3v) is 4.39. The summed E-state index contributed by atoms with van der Waals surface area (Å²) < 4.78 is 27.8. The number of rotatable bonds is 5. The Morgan fingerprint density at radius 3 is 2.42 bits per heavy atom. The van der Waals surface area contributed by atoms with Gasteiger partial charge in [0.15, 0.2) is 6.73 Å². The number of carbonyl (C=O) groups is 1. The van der Waals surface area contributed by atoms with E-state index in [4.69, 9.17) is 9.88 Å². The number of carbonyl (C=O) groups excluding carboxylic acids is 1. The van der Waals surface area contributed by atoms with Crippen molar-refractivity contribution in [3.8, 4) is 5.75 Å². The quantitative estimate of drug-likeness (QED) is 0.718. The van der Waals surface area contributed by atoms with E-state index in [0.29, 0.717) is 11.4 Å². The maximum atomic E-state index is 11.8. The summed E-state index contributed by atoms with van der Waals surface area (Å²) in [6.45, 7) is 3.93. The normalized spacial score (nSPS) is 11.0. The average Bonchev–Trinajstić information content (AvgIpc) is 2.51. The lowest BCUT2D eigenvalue weighted by Crippen LogP contribution is -2.32. The number of amides is 2. The Hall–Kier alpha value is -2.58. The Morgan fingerprint density at radius 1 is 1.12 bits per heavy atom. The summed E-state index contributed by atoms with van der Waals surface area (Å²) in [5, 5.41) is 10.1. The number of primary sulfonamides is 1. The van der Waals surface area contributed by atoms with E-state index >= 15 is 0 Å². The van der Waals surface area contributed by atoms with Crippen molar-refractivity contribution in [2.45, 2.75) is 18.7 Å². The van der Waals surface area contributed by atoms with Crippen LogP contribution in [0.15, 0.2) is 47.4 Å². The lowest BCUT2D eigenvalue weighted by Gasteiger charge is -2.12. The van der Waals surface area contributed by atoms with E-state index in [1.807, 2.05) is 32.0 Å². The maximum Gasteiger partial charge on any atom is 0.321 e. The van der Waals surface area contributed by atoms with E-state index < -0.39 is 16.1 Å². The lowest BCUT2D eigenvalue weighted by molar-refractivity contribution is 0.234. The van der Waals surface area contributed by atoms with E-state index in [0.717, 1.165) is 11.1 Å². The van der Waals surface area contributed by atoms with Crippen molar-refractivity contribution in [3.63, 3.8) is 0 Å². The molecule has 0 aliphatic heterocycles. The largest absolute Gasteiger partial charge is 0.473 e. The Labute approximate surface area is 140 Å². The van der Waals surface area contributed by atoms with Crippen LogP contribution in [0.1, 0.15) is 11.1 Å². The Bertz CT molecular complexity index is 833. The van der Waals surface area contributed by atoms with Crippen molar-refractivity contribution in [1.82, 2.24) is 5.32 Å². The van der Waals surface area contributed by atoms with Crippen molar-refractivity contribution >= 4 is 21.7 Å². The molecule has 128 valence electrons. The minimum absolute atomic E-state index is 0.00535. The van der Waals surface area contributed by atoms with Gasteiger partial charge in [-0.3, -0.25) is 0 Å². The van der Waals surface area contributed by atoms with Crippen molar-refractivity contribution < 1.29 is 17.9 Å².